The predicted molar refractivity (Wildman–Crippen MR) is 114 cm³/mol. The number of hydrogen-bond acceptors (Lipinski definition) is 6. The lowest BCUT2D eigenvalue weighted by molar-refractivity contribution is -0.105. The molecule has 1 heterocycles. The second-order valence-corrected chi connectivity index (χ2v) is 8.77. The molecule has 8 nitrogen and oxygen atoms in total. The maximum atomic E-state index is 12.6. The molecule has 2 unspecified atom stereocenters. The van der Waals surface area contributed by atoms with Gasteiger partial charge in [-0.15, -0.1) is 0 Å². The van der Waals surface area contributed by atoms with Gasteiger partial charge in [0.1, 0.15) is 11.3 Å². The van der Waals surface area contributed by atoms with E-state index in [9.17, 15) is 9.59 Å². The summed E-state index contributed by atoms with van der Waals surface area (Å²) >= 11 is 6.19. The Balaban J connectivity index is 2.18. The molecule has 0 aromatic heterocycles. The number of ether oxygens (including phenoxy) is 3. The fourth-order valence-electron chi connectivity index (χ4n) is 3.43. The van der Waals surface area contributed by atoms with Crippen LogP contribution in [0.15, 0.2) is 24.3 Å². The van der Waals surface area contributed by atoms with Crippen LogP contribution in [0.3, 0.4) is 0 Å². The fourth-order valence-corrected chi connectivity index (χ4v) is 3.62. The van der Waals surface area contributed by atoms with Gasteiger partial charge < -0.3 is 24.4 Å². The van der Waals surface area contributed by atoms with Gasteiger partial charge >= 0.3 is 12.2 Å². The number of amides is 2. The van der Waals surface area contributed by atoms with E-state index in [1.165, 1.54) is 7.11 Å². The Morgan fingerprint density at radius 3 is 2.70 bits per heavy atom. The minimum absolute atomic E-state index is 0.168. The van der Waals surface area contributed by atoms with Gasteiger partial charge in [0.25, 0.3) is 0 Å². The second-order valence-electron chi connectivity index (χ2n) is 8.34. The van der Waals surface area contributed by atoms with Crippen molar-refractivity contribution in [2.75, 3.05) is 33.4 Å². The zero-order valence-electron chi connectivity index (χ0n) is 18.1. The van der Waals surface area contributed by atoms with Gasteiger partial charge in [-0.2, -0.15) is 0 Å². The number of hydrogen-bond donors (Lipinski definition) is 2. The SMILES string of the molecule is COC(=O)NCCOC(N)(c1cccc(Cl)c1)C1CCCN(C(=O)OC(C)(C)C)C1. The maximum Gasteiger partial charge on any atom is 0.410 e. The van der Waals surface area contributed by atoms with E-state index in [0.29, 0.717) is 23.7 Å². The van der Waals surface area contributed by atoms with Crippen LogP contribution in [0.25, 0.3) is 0 Å². The summed E-state index contributed by atoms with van der Waals surface area (Å²) in [6, 6.07) is 7.19. The zero-order chi connectivity index (χ0) is 22.4. The Morgan fingerprint density at radius 1 is 1.33 bits per heavy atom. The van der Waals surface area contributed by atoms with E-state index < -0.39 is 17.4 Å². The first-order valence-electron chi connectivity index (χ1n) is 10.0. The Hall–Kier alpha value is -2.03. The summed E-state index contributed by atoms with van der Waals surface area (Å²) < 4.78 is 16.2. The number of nitrogens with one attached hydrogen (secondary N) is 1. The lowest BCUT2D eigenvalue weighted by Crippen LogP contribution is -2.55. The number of halogens is 1. The van der Waals surface area contributed by atoms with E-state index in [1.807, 2.05) is 32.9 Å². The molecular formula is C21H32ClN3O5. The van der Waals surface area contributed by atoms with Crippen LogP contribution in [0.4, 0.5) is 9.59 Å². The predicted octanol–water partition coefficient (Wildman–Crippen LogP) is 3.47. The topological polar surface area (TPSA) is 103 Å². The summed E-state index contributed by atoms with van der Waals surface area (Å²) in [6.07, 6.45) is 0.630. The highest BCUT2D eigenvalue weighted by Gasteiger charge is 2.42. The average molecular weight is 442 g/mol. The van der Waals surface area contributed by atoms with Crippen molar-refractivity contribution in [1.29, 1.82) is 0 Å². The van der Waals surface area contributed by atoms with E-state index in [1.54, 1.807) is 17.0 Å². The van der Waals surface area contributed by atoms with Crippen LogP contribution in [0.2, 0.25) is 5.02 Å². The van der Waals surface area contributed by atoms with Crippen LogP contribution >= 0.6 is 11.6 Å². The van der Waals surface area contributed by atoms with Gasteiger partial charge in [0.05, 0.1) is 13.7 Å². The van der Waals surface area contributed by atoms with Gasteiger partial charge in [-0.1, -0.05) is 23.7 Å². The molecule has 0 spiro atoms. The monoisotopic (exact) mass is 441 g/mol. The molecule has 3 N–H and O–H groups in total. The van der Waals surface area contributed by atoms with Crippen LogP contribution in [0.5, 0.6) is 0 Å². The summed E-state index contributed by atoms with van der Waals surface area (Å²) in [6.45, 7) is 6.90. The highest BCUT2D eigenvalue weighted by Crippen LogP contribution is 2.36. The lowest BCUT2D eigenvalue weighted by atomic mass is 9.83. The molecule has 1 fully saturated rings. The van der Waals surface area contributed by atoms with Crippen molar-refractivity contribution in [1.82, 2.24) is 10.2 Å². The molecule has 2 amide bonds. The molecule has 30 heavy (non-hydrogen) atoms. The van der Waals surface area contributed by atoms with Crippen molar-refractivity contribution in [2.24, 2.45) is 11.7 Å². The van der Waals surface area contributed by atoms with E-state index in [2.05, 4.69) is 10.1 Å². The third-order valence-electron chi connectivity index (χ3n) is 4.85. The van der Waals surface area contributed by atoms with Crippen LogP contribution in [0.1, 0.15) is 39.2 Å². The number of rotatable bonds is 6. The van der Waals surface area contributed by atoms with Crippen molar-refractivity contribution >= 4 is 23.8 Å². The number of nitrogens with zero attached hydrogens (tertiary/aromatic N) is 1. The van der Waals surface area contributed by atoms with Crippen molar-refractivity contribution in [3.63, 3.8) is 0 Å². The number of nitrogens with two attached hydrogens (primary N) is 1. The van der Waals surface area contributed by atoms with Gasteiger partial charge in [0.2, 0.25) is 0 Å². The van der Waals surface area contributed by atoms with Crippen LogP contribution in [-0.2, 0) is 19.9 Å². The Morgan fingerprint density at radius 2 is 2.07 bits per heavy atom. The third kappa shape index (κ3) is 6.75. The average Bonchev–Trinajstić information content (AvgIpc) is 2.69. The Bertz CT molecular complexity index is 740. The second kappa shape index (κ2) is 10.3. The molecular weight excluding hydrogens is 410 g/mol. The van der Waals surface area contributed by atoms with Gasteiger partial charge in [-0.05, 0) is 45.7 Å². The summed E-state index contributed by atoms with van der Waals surface area (Å²) in [5.41, 5.74) is 5.74. The summed E-state index contributed by atoms with van der Waals surface area (Å²) in [5.74, 6) is -0.185. The minimum Gasteiger partial charge on any atom is -0.453 e. The third-order valence-corrected chi connectivity index (χ3v) is 5.09. The molecule has 1 aromatic carbocycles. The van der Waals surface area contributed by atoms with E-state index in [0.717, 1.165) is 12.8 Å². The van der Waals surface area contributed by atoms with Crippen LogP contribution in [-0.4, -0.2) is 56.0 Å². The molecule has 168 valence electrons. The standard InChI is InChI=1S/C21H32ClN3O5/c1-20(2,3)30-19(27)25-11-6-8-16(14-25)21(23,15-7-5-9-17(22)13-15)29-12-10-24-18(26)28-4/h5,7,9,13,16H,6,8,10-12,14,23H2,1-4H3,(H,24,26). The first-order chi connectivity index (χ1) is 14.0. The van der Waals surface area contributed by atoms with E-state index in [4.69, 9.17) is 26.8 Å². The number of carbonyl (C=O) groups excluding carboxylic acids is 2. The van der Waals surface area contributed by atoms with Gasteiger partial charge in [-0.25, -0.2) is 9.59 Å². The maximum absolute atomic E-state index is 12.6. The van der Waals surface area contributed by atoms with E-state index in [-0.39, 0.29) is 25.2 Å². The zero-order valence-corrected chi connectivity index (χ0v) is 18.8. The molecule has 0 radical (unpaired) electrons. The van der Waals surface area contributed by atoms with Gasteiger partial charge in [0, 0.05) is 36.1 Å². The van der Waals surface area contributed by atoms with Crippen molar-refractivity contribution in [3.05, 3.63) is 34.9 Å². The molecule has 1 aliphatic heterocycles. The first-order valence-corrected chi connectivity index (χ1v) is 10.4. The number of methoxy groups -OCH3 is 1. The van der Waals surface area contributed by atoms with Crippen molar-refractivity contribution in [3.8, 4) is 0 Å². The number of likely N-dealkylation sites (tertiary alicyclic amines) is 1. The lowest BCUT2D eigenvalue weighted by Gasteiger charge is -2.43. The number of piperidine rings is 1. The van der Waals surface area contributed by atoms with Crippen LogP contribution < -0.4 is 11.1 Å². The largest absolute Gasteiger partial charge is 0.453 e. The fraction of sp³-hybridized carbons (Fsp3) is 0.619. The molecule has 1 aliphatic rings. The number of alkyl carbamates (subject to hydrolysis) is 1. The number of carbonyl (C=O) groups is 2. The van der Waals surface area contributed by atoms with Gasteiger partial charge in [0.15, 0.2) is 0 Å². The Kier molecular flexibility index (Phi) is 8.34. The van der Waals surface area contributed by atoms with Crippen molar-refractivity contribution in [2.45, 2.75) is 44.9 Å². The van der Waals surface area contributed by atoms with E-state index >= 15 is 0 Å². The molecule has 2 rings (SSSR count). The molecule has 1 saturated heterocycles. The first kappa shape index (κ1) is 24.2. The molecule has 0 aliphatic carbocycles. The molecule has 0 bridgehead atoms. The molecule has 1 aromatic rings. The highest BCUT2D eigenvalue weighted by molar-refractivity contribution is 6.30. The summed E-state index contributed by atoms with van der Waals surface area (Å²) in [5, 5.41) is 3.11. The normalized spacial score (nSPS) is 19.0. The molecule has 0 saturated carbocycles. The summed E-state index contributed by atoms with van der Waals surface area (Å²) in [4.78, 5) is 25.5. The minimum atomic E-state index is -1.19. The number of benzene rings is 1. The highest BCUT2D eigenvalue weighted by atomic mass is 35.5. The van der Waals surface area contributed by atoms with Crippen molar-refractivity contribution < 1.29 is 23.8 Å². The molecule has 2 atom stereocenters. The Labute approximate surface area is 183 Å². The quantitative estimate of drug-likeness (QED) is 0.517. The summed E-state index contributed by atoms with van der Waals surface area (Å²) in [7, 11) is 1.29. The molecule has 9 heteroatoms. The smallest absolute Gasteiger partial charge is 0.410 e. The van der Waals surface area contributed by atoms with Gasteiger partial charge in [-0.3, -0.25) is 5.73 Å². The van der Waals surface area contributed by atoms with Crippen LogP contribution in [0, 0.1) is 5.92 Å².